The lowest BCUT2D eigenvalue weighted by Gasteiger charge is -2.20. The Bertz CT molecular complexity index is 3400. The van der Waals surface area contributed by atoms with Crippen molar-refractivity contribution in [2.45, 2.75) is 0 Å². The number of hydrogen-bond donors (Lipinski definition) is 0. The van der Waals surface area contributed by atoms with Crippen LogP contribution in [0.1, 0.15) is 6.85 Å². The molecule has 0 saturated carbocycles. The van der Waals surface area contributed by atoms with E-state index in [-0.39, 0.29) is 29.7 Å². The van der Waals surface area contributed by atoms with E-state index in [2.05, 4.69) is 127 Å². The van der Waals surface area contributed by atoms with Crippen molar-refractivity contribution in [1.29, 1.82) is 0 Å². The lowest BCUT2D eigenvalue weighted by molar-refractivity contribution is 0.669. The predicted molar refractivity (Wildman–Crippen MR) is 218 cm³/mol. The number of rotatable bonds is 3. The molecular weight excluding hydrogens is 617 g/mol. The van der Waals surface area contributed by atoms with Crippen LogP contribution >= 0.6 is 0 Å². The maximum Gasteiger partial charge on any atom is 0.136 e. The van der Waals surface area contributed by atoms with Crippen molar-refractivity contribution in [3.8, 4) is 33.4 Å². The summed E-state index contributed by atoms with van der Waals surface area (Å²) in [6.07, 6.45) is 0. The summed E-state index contributed by atoms with van der Waals surface area (Å²) in [5.41, 5.74) is 6.05. The quantitative estimate of drug-likeness (QED) is 0.137. The molecule has 1 aromatic heterocycles. The van der Waals surface area contributed by atoms with Crippen LogP contribution in [-0.2, 0) is 0 Å². The van der Waals surface area contributed by atoms with Gasteiger partial charge in [-0.3, -0.25) is 0 Å². The Labute approximate surface area is 301 Å². The van der Waals surface area contributed by atoms with Gasteiger partial charge in [0, 0.05) is 10.8 Å². The van der Waals surface area contributed by atoms with E-state index in [4.69, 9.17) is 11.3 Å². The highest BCUT2D eigenvalue weighted by Gasteiger charge is 2.22. The van der Waals surface area contributed by atoms with Crippen molar-refractivity contribution >= 4 is 75.8 Å². The number of fused-ring (bicyclic) bond motifs is 9. The van der Waals surface area contributed by atoms with Gasteiger partial charge in [0.15, 0.2) is 0 Å². The smallest absolute Gasteiger partial charge is 0.136 e. The summed E-state index contributed by atoms with van der Waals surface area (Å²) >= 11 is 0. The van der Waals surface area contributed by atoms with E-state index in [1.165, 1.54) is 21.5 Å². The van der Waals surface area contributed by atoms with Gasteiger partial charge in [0.2, 0.25) is 0 Å². The Morgan fingerprint density at radius 2 is 0.941 bits per heavy atom. The van der Waals surface area contributed by atoms with Crippen LogP contribution in [0.5, 0.6) is 0 Å². The molecule has 0 radical (unpaired) electrons. The first kappa shape index (κ1) is 23.6. The summed E-state index contributed by atoms with van der Waals surface area (Å²) in [4.78, 5) is 0. The average molecular weight is 652 g/mol. The summed E-state index contributed by atoms with van der Waals surface area (Å²) in [6.45, 7) is 0. The molecule has 236 valence electrons. The second-order valence-corrected chi connectivity index (χ2v) is 13.2. The minimum Gasteiger partial charge on any atom is -0.456 e. The molecule has 0 unspecified atom stereocenters. The van der Waals surface area contributed by atoms with Crippen LogP contribution in [0, 0.1) is 0 Å². The number of benzene rings is 10. The van der Waals surface area contributed by atoms with Crippen molar-refractivity contribution in [1.82, 2.24) is 0 Å². The molecule has 11 aromatic rings. The SMILES string of the molecule is [2H]c1c([2H])c([2H])c(-c2cc(-c3c4ccccc4c(-c4cccc5c4ccc4ccccc45)c4ccccc34)c3c(c2)oc2cc4ccccc4cc23)c([2H])c1[2H]. The zero-order valence-electron chi connectivity index (χ0n) is 32.3. The first-order chi connectivity index (χ1) is 27.4. The minimum atomic E-state index is -0.422. The van der Waals surface area contributed by atoms with Gasteiger partial charge in [-0.05, 0) is 112 Å². The van der Waals surface area contributed by atoms with Gasteiger partial charge in [0.25, 0.3) is 0 Å². The van der Waals surface area contributed by atoms with Crippen LogP contribution in [0.25, 0.3) is 109 Å². The Hall–Kier alpha value is -6.70. The number of furan rings is 1. The molecule has 51 heavy (non-hydrogen) atoms. The molecule has 0 aliphatic carbocycles. The molecule has 0 N–H and O–H groups in total. The van der Waals surface area contributed by atoms with Crippen LogP contribution in [0.4, 0.5) is 0 Å². The lowest BCUT2D eigenvalue weighted by Crippen LogP contribution is -1.93. The molecule has 0 aliphatic rings. The summed E-state index contributed by atoms with van der Waals surface area (Å²) in [7, 11) is 0. The maximum absolute atomic E-state index is 8.96. The summed E-state index contributed by atoms with van der Waals surface area (Å²) in [6, 6.07) is 51.1. The van der Waals surface area contributed by atoms with Crippen molar-refractivity contribution in [2.24, 2.45) is 0 Å². The highest BCUT2D eigenvalue weighted by atomic mass is 16.3. The summed E-state index contributed by atoms with van der Waals surface area (Å²) in [5.74, 6) is 0. The Balaban J connectivity index is 1.31. The molecule has 0 atom stereocenters. The molecule has 1 heteroatoms. The standard InChI is InChI=1S/C50H30O/c1-2-13-31(14-3-1)35-28-45(50-44-27-33-16-4-5-17-34(33)29-46(44)51-47(50)30-35)49-42-21-10-8-19-40(42)48(41-20-9-11-22-43(41)49)39-24-12-23-37-36-18-7-6-15-32(36)25-26-38(37)39/h1-30H/i1D,2D,3D,13D,14D. The molecule has 0 aliphatic heterocycles. The van der Waals surface area contributed by atoms with Gasteiger partial charge in [-0.15, -0.1) is 0 Å². The Morgan fingerprint density at radius 3 is 1.65 bits per heavy atom. The largest absolute Gasteiger partial charge is 0.456 e. The van der Waals surface area contributed by atoms with Gasteiger partial charge in [0.05, 0.1) is 6.85 Å². The van der Waals surface area contributed by atoms with Gasteiger partial charge in [-0.1, -0.05) is 158 Å². The molecule has 0 spiro atoms. The van der Waals surface area contributed by atoms with Gasteiger partial charge in [-0.2, -0.15) is 0 Å². The van der Waals surface area contributed by atoms with E-state index in [0.29, 0.717) is 16.7 Å². The molecular formula is C50H30O. The molecule has 1 nitrogen and oxygen atoms in total. The van der Waals surface area contributed by atoms with Crippen molar-refractivity contribution < 1.29 is 11.3 Å². The highest BCUT2D eigenvalue weighted by Crippen LogP contribution is 2.49. The van der Waals surface area contributed by atoms with Crippen molar-refractivity contribution in [3.05, 3.63) is 182 Å². The van der Waals surface area contributed by atoms with Gasteiger partial charge < -0.3 is 4.42 Å². The molecule has 10 aromatic carbocycles. The third-order valence-electron chi connectivity index (χ3n) is 10.5. The topological polar surface area (TPSA) is 13.1 Å². The third-order valence-corrected chi connectivity index (χ3v) is 10.5. The molecule has 0 amide bonds. The molecule has 11 rings (SSSR count). The fourth-order valence-corrected chi connectivity index (χ4v) is 8.29. The zero-order chi connectivity index (χ0) is 37.8. The van der Waals surface area contributed by atoms with E-state index in [1.54, 1.807) is 0 Å². The Morgan fingerprint density at radius 1 is 0.353 bits per heavy atom. The summed E-state index contributed by atoms with van der Waals surface area (Å²) < 4.78 is 50.0. The van der Waals surface area contributed by atoms with Gasteiger partial charge in [-0.25, -0.2) is 0 Å². The Kier molecular flexibility index (Phi) is 5.05. The predicted octanol–water partition coefficient (Wildman–Crippen LogP) is 14.4. The number of hydrogen-bond acceptors (Lipinski definition) is 1. The molecule has 0 saturated heterocycles. The van der Waals surface area contributed by atoms with Crippen LogP contribution in [0.2, 0.25) is 0 Å². The van der Waals surface area contributed by atoms with Crippen LogP contribution in [0.3, 0.4) is 0 Å². The second kappa shape index (κ2) is 10.9. The first-order valence-electron chi connectivity index (χ1n) is 19.7. The van der Waals surface area contributed by atoms with Crippen molar-refractivity contribution in [2.75, 3.05) is 0 Å². The first-order valence-corrected chi connectivity index (χ1v) is 17.2. The van der Waals surface area contributed by atoms with Crippen LogP contribution in [-0.4, -0.2) is 0 Å². The fourth-order valence-electron chi connectivity index (χ4n) is 8.29. The van der Waals surface area contributed by atoms with E-state index >= 15 is 0 Å². The monoisotopic (exact) mass is 651 g/mol. The lowest BCUT2D eigenvalue weighted by atomic mass is 9.83. The van der Waals surface area contributed by atoms with E-state index in [9.17, 15) is 0 Å². The van der Waals surface area contributed by atoms with E-state index < -0.39 is 6.04 Å². The van der Waals surface area contributed by atoms with Crippen LogP contribution < -0.4 is 0 Å². The zero-order valence-corrected chi connectivity index (χ0v) is 27.3. The fraction of sp³-hybridized carbons (Fsp3) is 0. The van der Waals surface area contributed by atoms with Crippen LogP contribution in [0.15, 0.2) is 186 Å². The highest BCUT2D eigenvalue weighted by molar-refractivity contribution is 6.28. The van der Waals surface area contributed by atoms with E-state index in [0.717, 1.165) is 65.3 Å². The van der Waals surface area contributed by atoms with Gasteiger partial charge in [0.1, 0.15) is 11.2 Å². The third kappa shape index (κ3) is 4.22. The normalized spacial score (nSPS) is 13.3. The molecule has 1 heterocycles. The maximum atomic E-state index is 8.96. The second-order valence-electron chi connectivity index (χ2n) is 13.2. The minimum absolute atomic E-state index is 0.137. The molecule has 0 bridgehead atoms. The average Bonchev–Trinajstić information content (AvgIpc) is 3.60. The molecule has 0 fully saturated rings. The van der Waals surface area contributed by atoms with Gasteiger partial charge >= 0.3 is 0 Å². The van der Waals surface area contributed by atoms with Crippen molar-refractivity contribution in [3.63, 3.8) is 0 Å². The summed E-state index contributed by atoms with van der Waals surface area (Å²) in [5, 5.41) is 13.0. The van der Waals surface area contributed by atoms with E-state index in [1.807, 2.05) is 24.3 Å².